The second kappa shape index (κ2) is 24.3. The van der Waals surface area contributed by atoms with Gasteiger partial charge in [-0.1, -0.05) is 89.0 Å². The van der Waals surface area contributed by atoms with Crippen molar-refractivity contribution in [3.05, 3.63) is 0 Å². The molecule has 0 unspecified atom stereocenters. The summed E-state index contributed by atoms with van der Waals surface area (Å²) < 4.78 is 4.99. The number of hydrogen-bond acceptors (Lipinski definition) is 5. The first kappa shape index (κ1) is 38.0. The standard InChI is InChI=1S/C14H29NO2S.C4H11N.C4H10O.C3H8/c1-11(2)18-14(5,6)13(3,4)10-12(16)15-8-9-17-7;1-4(2)5-3;1-2-3-4-5;1-3-2/h11H,8-10H2,1-7H3,(H,15,16);4-5H,1-3H3;5H,2-4H2,1H3;3H2,1-2H3. The minimum atomic E-state index is -0.0426. The zero-order valence-electron chi connectivity index (χ0n) is 23.3. The Balaban J connectivity index is -0.000000228. The average Bonchev–Trinajstić information content (AvgIpc) is 2.62. The average molecular weight is 467 g/mol. The van der Waals surface area contributed by atoms with Gasteiger partial charge in [0, 0.05) is 37.5 Å². The minimum absolute atomic E-state index is 0.0426. The zero-order valence-corrected chi connectivity index (χ0v) is 24.1. The molecule has 0 saturated carbocycles. The van der Waals surface area contributed by atoms with E-state index >= 15 is 0 Å². The van der Waals surface area contributed by atoms with Crippen molar-refractivity contribution in [1.82, 2.24) is 10.6 Å². The summed E-state index contributed by atoms with van der Waals surface area (Å²) in [5.41, 5.74) is -0.0426. The van der Waals surface area contributed by atoms with Crippen LogP contribution in [0.25, 0.3) is 0 Å². The lowest BCUT2D eigenvalue weighted by Crippen LogP contribution is -2.41. The Bertz CT molecular complexity index is 372. The van der Waals surface area contributed by atoms with Gasteiger partial charge in [-0.15, -0.1) is 0 Å². The Morgan fingerprint density at radius 3 is 1.77 bits per heavy atom. The molecule has 0 aliphatic heterocycles. The number of unbranched alkanes of at least 4 members (excludes halogenated alkanes) is 1. The maximum Gasteiger partial charge on any atom is 0.220 e. The number of rotatable bonds is 11. The zero-order chi connectivity index (χ0) is 25.5. The maximum atomic E-state index is 11.9. The van der Waals surface area contributed by atoms with Crippen molar-refractivity contribution in [3.63, 3.8) is 0 Å². The lowest BCUT2D eigenvalue weighted by Gasteiger charge is -2.42. The Hall–Kier alpha value is -0.300. The first-order valence-corrected chi connectivity index (χ1v) is 12.8. The number of amides is 1. The van der Waals surface area contributed by atoms with Gasteiger partial charge in [-0.3, -0.25) is 4.79 Å². The first-order chi connectivity index (χ1) is 14.2. The lowest BCUT2D eigenvalue weighted by atomic mass is 9.77. The molecule has 0 aromatic heterocycles. The number of thioether (sulfide) groups is 1. The van der Waals surface area contributed by atoms with Gasteiger partial charge >= 0.3 is 0 Å². The largest absolute Gasteiger partial charge is 0.396 e. The summed E-state index contributed by atoms with van der Waals surface area (Å²) in [7, 11) is 3.59. The summed E-state index contributed by atoms with van der Waals surface area (Å²) in [5, 5.41) is 14.6. The van der Waals surface area contributed by atoms with Crippen LogP contribution in [-0.4, -0.2) is 61.0 Å². The molecular weight excluding hydrogens is 408 g/mol. The van der Waals surface area contributed by atoms with Crippen molar-refractivity contribution in [2.75, 3.05) is 33.9 Å². The predicted molar refractivity (Wildman–Crippen MR) is 142 cm³/mol. The highest BCUT2D eigenvalue weighted by atomic mass is 32.2. The summed E-state index contributed by atoms with van der Waals surface area (Å²) in [6, 6.07) is 0.634. The van der Waals surface area contributed by atoms with Crippen molar-refractivity contribution < 1.29 is 14.6 Å². The number of aliphatic hydroxyl groups is 1. The van der Waals surface area contributed by atoms with Gasteiger partial charge in [-0.05, 0) is 24.1 Å². The van der Waals surface area contributed by atoms with E-state index in [0.29, 0.717) is 37.5 Å². The van der Waals surface area contributed by atoms with Crippen molar-refractivity contribution >= 4 is 17.7 Å². The van der Waals surface area contributed by atoms with E-state index < -0.39 is 0 Å². The van der Waals surface area contributed by atoms with Crippen LogP contribution in [0.2, 0.25) is 0 Å². The van der Waals surface area contributed by atoms with Crippen LogP contribution >= 0.6 is 11.8 Å². The monoisotopic (exact) mass is 466 g/mol. The Morgan fingerprint density at radius 1 is 1.06 bits per heavy atom. The first-order valence-electron chi connectivity index (χ1n) is 11.9. The Morgan fingerprint density at radius 2 is 1.52 bits per heavy atom. The SMILES string of the molecule is CCC.CCCCO.CNC(C)C.COCCNC(=O)CC(C)(C)C(C)(C)SC(C)C. The molecule has 0 saturated heterocycles. The maximum absolute atomic E-state index is 11.9. The molecule has 0 spiro atoms. The van der Waals surface area contributed by atoms with Crippen molar-refractivity contribution in [2.45, 2.75) is 118 Å². The Kier molecular flexibility index (Phi) is 29.8. The molecule has 0 rings (SSSR count). The van der Waals surface area contributed by atoms with Gasteiger partial charge in [0.1, 0.15) is 0 Å². The lowest BCUT2D eigenvalue weighted by molar-refractivity contribution is -0.123. The number of hydrogen-bond donors (Lipinski definition) is 3. The molecule has 0 aromatic carbocycles. The van der Waals surface area contributed by atoms with Crippen LogP contribution in [0.1, 0.15) is 102 Å². The van der Waals surface area contributed by atoms with E-state index in [2.05, 4.69) is 86.8 Å². The quantitative estimate of drug-likeness (QED) is 0.331. The second-order valence-electron chi connectivity index (χ2n) is 9.31. The topological polar surface area (TPSA) is 70.6 Å². The molecule has 0 aliphatic carbocycles. The molecule has 192 valence electrons. The van der Waals surface area contributed by atoms with Crippen LogP contribution in [0.3, 0.4) is 0 Å². The highest BCUT2D eigenvalue weighted by Gasteiger charge is 2.39. The number of nitrogens with one attached hydrogen (secondary N) is 2. The van der Waals surface area contributed by atoms with Crippen molar-refractivity contribution in [2.24, 2.45) is 5.41 Å². The molecule has 3 N–H and O–H groups in total. The van der Waals surface area contributed by atoms with E-state index in [4.69, 9.17) is 9.84 Å². The van der Waals surface area contributed by atoms with E-state index in [1.807, 2.05) is 18.8 Å². The molecule has 0 radical (unpaired) electrons. The normalized spacial score (nSPS) is 11.0. The summed E-state index contributed by atoms with van der Waals surface area (Å²) in [4.78, 5) is 11.9. The van der Waals surface area contributed by atoms with Crippen LogP contribution in [0.4, 0.5) is 0 Å². The van der Waals surface area contributed by atoms with Gasteiger partial charge in [-0.2, -0.15) is 11.8 Å². The third-order valence-corrected chi connectivity index (χ3v) is 6.09. The van der Waals surface area contributed by atoms with E-state index in [9.17, 15) is 4.79 Å². The van der Waals surface area contributed by atoms with Crippen LogP contribution in [0.5, 0.6) is 0 Å². The highest BCUT2D eigenvalue weighted by molar-refractivity contribution is 8.01. The third-order valence-electron chi connectivity index (χ3n) is 4.48. The molecule has 31 heavy (non-hydrogen) atoms. The highest BCUT2D eigenvalue weighted by Crippen LogP contribution is 2.45. The summed E-state index contributed by atoms with van der Waals surface area (Å²) in [6.45, 7) is 25.2. The van der Waals surface area contributed by atoms with E-state index in [1.54, 1.807) is 7.11 Å². The summed E-state index contributed by atoms with van der Waals surface area (Å²) in [6.07, 6.45) is 3.83. The van der Waals surface area contributed by atoms with Gasteiger partial charge in [0.25, 0.3) is 0 Å². The molecule has 5 nitrogen and oxygen atoms in total. The van der Waals surface area contributed by atoms with E-state index in [0.717, 1.165) is 12.8 Å². The smallest absolute Gasteiger partial charge is 0.220 e. The fraction of sp³-hybridized carbons (Fsp3) is 0.960. The molecule has 0 fully saturated rings. The third kappa shape index (κ3) is 29.7. The molecule has 0 heterocycles. The fourth-order valence-corrected chi connectivity index (χ4v) is 3.45. The van der Waals surface area contributed by atoms with Gasteiger partial charge in [0.2, 0.25) is 5.91 Å². The minimum Gasteiger partial charge on any atom is -0.396 e. The molecule has 0 bridgehead atoms. The van der Waals surface area contributed by atoms with Crippen LogP contribution < -0.4 is 10.6 Å². The van der Waals surface area contributed by atoms with Crippen LogP contribution in [-0.2, 0) is 9.53 Å². The van der Waals surface area contributed by atoms with Crippen LogP contribution in [0, 0.1) is 5.41 Å². The Labute approximate surface area is 200 Å². The van der Waals surface area contributed by atoms with Gasteiger partial charge in [-0.25, -0.2) is 0 Å². The molecule has 0 aromatic rings. The van der Waals surface area contributed by atoms with Gasteiger partial charge in [0.05, 0.1) is 6.61 Å². The number of aliphatic hydroxyl groups excluding tert-OH is 1. The van der Waals surface area contributed by atoms with E-state index in [-0.39, 0.29) is 16.1 Å². The number of carbonyl (C=O) groups excluding carboxylic acids is 1. The summed E-state index contributed by atoms with van der Waals surface area (Å²) in [5.74, 6) is 0.106. The number of carbonyl (C=O) groups is 1. The van der Waals surface area contributed by atoms with Gasteiger partial charge < -0.3 is 20.5 Å². The molecular formula is C25H58N2O3S. The second-order valence-corrected chi connectivity index (χ2v) is 11.5. The van der Waals surface area contributed by atoms with Crippen molar-refractivity contribution in [1.29, 1.82) is 0 Å². The van der Waals surface area contributed by atoms with Gasteiger partial charge in [0.15, 0.2) is 0 Å². The molecule has 0 atom stereocenters. The predicted octanol–water partition coefficient (Wildman–Crippen LogP) is 5.89. The molecule has 6 heteroatoms. The van der Waals surface area contributed by atoms with E-state index in [1.165, 1.54) is 6.42 Å². The molecule has 1 amide bonds. The number of methoxy groups -OCH3 is 1. The fourth-order valence-electron chi connectivity index (χ4n) is 1.88. The van der Waals surface area contributed by atoms with Crippen molar-refractivity contribution in [3.8, 4) is 0 Å². The number of ether oxygens (including phenoxy) is 1. The van der Waals surface area contributed by atoms with Crippen LogP contribution in [0.15, 0.2) is 0 Å². The molecule has 0 aliphatic rings. The summed E-state index contributed by atoms with van der Waals surface area (Å²) >= 11 is 1.93.